The van der Waals surface area contributed by atoms with Gasteiger partial charge in [0.1, 0.15) is 0 Å². The molecule has 0 spiro atoms. The molecule has 0 fully saturated rings. The molecule has 1 aromatic rings. The van der Waals surface area contributed by atoms with E-state index in [2.05, 4.69) is 5.32 Å². The monoisotopic (exact) mass is 239 g/mol. The van der Waals surface area contributed by atoms with E-state index < -0.39 is 0 Å². The highest BCUT2D eigenvalue weighted by atomic mass is 16.5. The second-order valence-electron chi connectivity index (χ2n) is 3.90. The van der Waals surface area contributed by atoms with Gasteiger partial charge in [0.25, 0.3) is 0 Å². The molecule has 2 N–H and O–H groups in total. The van der Waals surface area contributed by atoms with Crippen molar-refractivity contribution in [1.29, 1.82) is 0 Å². The van der Waals surface area contributed by atoms with Crippen LogP contribution in [0.4, 0.5) is 0 Å². The number of aliphatic hydroxyl groups excluding tert-OH is 1. The normalized spacial score (nSPS) is 12.2. The number of benzene rings is 1. The van der Waals surface area contributed by atoms with Crippen LogP contribution in [0, 0.1) is 0 Å². The van der Waals surface area contributed by atoms with Crippen molar-refractivity contribution in [2.24, 2.45) is 0 Å². The van der Waals surface area contributed by atoms with E-state index in [0.29, 0.717) is 19.7 Å². The summed E-state index contributed by atoms with van der Waals surface area (Å²) in [6.07, 6.45) is -0.334. The molecule has 0 aliphatic rings. The Bertz CT molecular complexity index is 339. The average molecular weight is 239 g/mol. The Hall–Kier alpha value is -1.26. The van der Waals surface area contributed by atoms with Crippen molar-refractivity contribution in [1.82, 2.24) is 5.32 Å². The fourth-order valence-corrected chi connectivity index (χ4v) is 1.52. The first kappa shape index (κ1) is 13.8. The predicted octanol–water partition coefficient (Wildman–Crippen LogP) is 1.56. The third-order valence-electron chi connectivity index (χ3n) is 2.30. The van der Waals surface area contributed by atoms with Crippen molar-refractivity contribution in [3.63, 3.8) is 0 Å². The van der Waals surface area contributed by atoms with E-state index in [1.165, 1.54) is 0 Å². The largest absolute Gasteiger partial charge is 0.493 e. The Morgan fingerprint density at radius 1 is 1.35 bits per heavy atom. The van der Waals surface area contributed by atoms with Gasteiger partial charge in [-0.2, -0.15) is 0 Å². The molecule has 4 heteroatoms. The fraction of sp³-hybridized carbons (Fsp3) is 0.538. The lowest BCUT2D eigenvalue weighted by atomic mass is 10.2. The summed E-state index contributed by atoms with van der Waals surface area (Å²) in [4.78, 5) is 0. The highest BCUT2D eigenvalue weighted by molar-refractivity contribution is 5.42. The minimum atomic E-state index is -0.334. The molecule has 1 rings (SSSR count). The van der Waals surface area contributed by atoms with Crippen LogP contribution in [0.15, 0.2) is 18.2 Å². The van der Waals surface area contributed by atoms with E-state index in [4.69, 9.17) is 14.6 Å². The molecule has 0 saturated heterocycles. The molecule has 1 unspecified atom stereocenters. The number of methoxy groups -OCH3 is 1. The van der Waals surface area contributed by atoms with Gasteiger partial charge in [-0.15, -0.1) is 0 Å². The minimum absolute atomic E-state index is 0.334. The van der Waals surface area contributed by atoms with Crippen LogP contribution in [0.5, 0.6) is 11.5 Å². The smallest absolute Gasteiger partial charge is 0.161 e. The molecule has 1 atom stereocenters. The van der Waals surface area contributed by atoms with Crippen molar-refractivity contribution < 1.29 is 14.6 Å². The Balaban J connectivity index is 2.64. The summed E-state index contributed by atoms with van der Waals surface area (Å²) in [5.74, 6) is 1.50. The maximum atomic E-state index is 9.14. The standard InChI is InChI=1S/C13H21NO3/c1-4-17-13-7-11(5-6-12(13)16-3)9-14-8-10(2)15/h5-7,10,14-15H,4,8-9H2,1-3H3. The highest BCUT2D eigenvalue weighted by Gasteiger charge is 2.05. The van der Waals surface area contributed by atoms with Gasteiger partial charge < -0.3 is 19.9 Å². The molecule has 0 saturated carbocycles. The number of rotatable bonds is 7. The van der Waals surface area contributed by atoms with Gasteiger partial charge in [0.2, 0.25) is 0 Å². The fourth-order valence-electron chi connectivity index (χ4n) is 1.52. The van der Waals surface area contributed by atoms with Gasteiger partial charge in [0.05, 0.1) is 19.8 Å². The number of hydrogen-bond donors (Lipinski definition) is 2. The first-order valence-corrected chi connectivity index (χ1v) is 5.85. The van der Waals surface area contributed by atoms with Crippen LogP contribution in [-0.2, 0) is 6.54 Å². The SMILES string of the molecule is CCOc1cc(CNCC(C)O)ccc1OC. The molecule has 4 nitrogen and oxygen atoms in total. The van der Waals surface area contributed by atoms with Gasteiger partial charge in [-0.05, 0) is 31.5 Å². The van der Waals surface area contributed by atoms with E-state index >= 15 is 0 Å². The summed E-state index contributed by atoms with van der Waals surface area (Å²) in [7, 11) is 1.63. The third kappa shape index (κ3) is 4.63. The van der Waals surface area contributed by atoms with Crippen molar-refractivity contribution in [2.75, 3.05) is 20.3 Å². The third-order valence-corrected chi connectivity index (χ3v) is 2.30. The number of hydrogen-bond acceptors (Lipinski definition) is 4. The number of ether oxygens (including phenoxy) is 2. The summed E-state index contributed by atoms with van der Waals surface area (Å²) >= 11 is 0. The van der Waals surface area contributed by atoms with Crippen molar-refractivity contribution in [3.05, 3.63) is 23.8 Å². The van der Waals surface area contributed by atoms with Gasteiger partial charge in [0, 0.05) is 13.1 Å². The summed E-state index contributed by atoms with van der Waals surface area (Å²) in [6, 6.07) is 5.83. The van der Waals surface area contributed by atoms with Gasteiger partial charge in [0.15, 0.2) is 11.5 Å². The maximum absolute atomic E-state index is 9.14. The molecule has 0 bridgehead atoms. The zero-order chi connectivity index (χ0) is 12.7. The molecular weight excluding hydrogens is 218 g/mol. The maximum Gasteiger partial charge on any atom is 0.161 e. The Morgan fingerprint density at radius 2 is 2.12 bits per heavy atom. The van der Waals surface area contributed by atoms with Crippen LogP contribution in [0.3, 0.4) is 0 Å². The van der Waals surface area contributed by atoms with Crippen molar-refractivity contribution in [2.45, 2.75) is 26.5 Å². The molecule has 0 aliphatic heterocycles. The highest BCUT2D eigenvalue weighted by Crippen LogP contribution is 2.27. The summed E-state index contributed by atoms with van der Waals surface area (Å²) in [5, 5.41) is 12.3. The topological polar surface area (TPSA) is 50.7 Å². The lowest BCUT2D eigenvalue weighted by molar-refractivity contribution is 0.191. The Kier molecular flexibility index (Phi) is 5.80. The number of aliphatic hydroxyl groups is 1. The zero-order valence-electron chi connectivity index (χ0n) is 10.7. The second-order valence-corrected chi connectivity index (χ2v) is 3.90. The van der Waals surface area contributed by atoms with Gasteiger partial charge in [-0.3, -0.25) is 0 Å². The first-order chi connectivity index (χ1) is 8.17. The molecule has 0 heterocycles. The van der Waals surface area contributed by atoms with Gasteiger partial charge in [-0.25, -0.2) is 0 Å². The Morgan fingerprint density at radius 3 is 2.71 bits per heavy atom. The quantitative estimate of drug-likeness (QED) is 0.758. The molecule has 17 heavy (non-hydrogen) atoms. The van der Waals surface area contributed by atoms with Crippen molar-refractivity contribution in [3.8, 4) is 11.5 Å². The second kappa shape index (κ2) is 7.14. The van der Waals surface area contributed by atoms with E-state index in [1.54, 1.807) is 14.0 Å². The van der Waals surface area contributed by atoms with E-state index in [9.17, 15) is 0 Å². The average Bonchev–Trinajstić information content (AvgIpc) is 2.29. The van der Waals surface area contributed by atoms with Crippen LogP contribution in [0.2, 0.25) is 0 Å². The summed E-state index contributed by atoms with van der Waals surface area (Å²) in [6.45, 7) is 5.59. The predicted molar refractivity (Wildman–Crippen MR) is 67.6 cm³/mol. The molecule has 0 aromatic heterocycles. The molecule has 0 aliphatic carbocycles. The van der Waals surface area contributed by atoms with Crippen LogP contribution in [0.25, 0.3) is 0 Å². The van der Waals surface area contributed by atoms with E-state index in [-0.39, 0.29) is 6.10 Å². The summed E-state index contributed by atoms with van der Waals surface area (Å²) in [5.41, 5.74) is 1.11. The number of nitrogens with one attached hydrogen (secondary N) is 1. The van der Waals surface area contributed by atoms with Crippen LogP contribution < -0.4 is 14.8 Å². The minimum Gasteiger partial charge on any atom is -0.493 e. The first-order valence-electron chi connectivity index (χ1n) is 5.85. The van der Waals surface area contributed by atoms with Crippen LogP contribution >= 0.6 is 0 Å². The Labute approximate surface area is 103 Å². The van der Waals surface area contributed by atoms with E-state index in [1.807, 2.05) is 25.1 Å². The van der Waals surface area contributed by atoms with Gasteiger partial charge >= 0.3 is 0 Å². The zero-order valence-corrected chi connectivity index (χ0v) is 10.7. The lowest BCUT2D eigenvalue weighted by Crippen LogP contribution is -2.23. The lowest BCUT2D eigenvalue weighted by Gasteiger charge is -2.12. The molecule has 0 amide bonds. The van der Waals surface area contributed by atoms with Crippen LogP contribution in [0.1, 0.15) is 19.4 Å². The van der Waals surface area contributed by atoms with Gasteiger partial charge in [-0.1, -0.05) is 6.07 Å². The summed E-state index contributed by atoms with van der Waals surface area (Å²) < 4.78 is 10.7. The van der Waals surface area contributed by atoms with Crippen LogP contribution in [-0.4, -0.2) is 31.5 Å². The molecule has 96 valence electrons. The molecule has 0 radical (unpaired) electrons. The van der Waals surface area contributed by atoms with E-state index in [0.717, 1.165) is 17.1 Å². The molecular formula is C13H21NO3. The molecule has 1 aromatic carbocycles. The van der Waals surface area contributed by atoms with Crippen molar-refractivity contribution >= 4 is 0 Å².